The van der Waals surface area contributed by atoms with E-state index in [1.54, 1.807) is 6.07 Å². The summed E-state index contributed by atoms with van der Waals surface area (Å²) in [6.07, 6.45) is 0.764. The van der Waals surface area contributed by atoms with Gasteiger partial charge in [0.2, 0.25) is 5.91 Å². The zero-order valence-corrected chi connectivity index (χ0v) is 12.6. The van der Waals surface area contributed by atoms with Crippen molar-refractivity contribution in [1.82, 2.24) is 10.3 Å². The first-order valence-electron chi connectivity index (χ1n) is 7.12. The Labute approximate surface area is 123 Å². The second kappa shape index (κ2) is 5.99. The van der Waals surface area contributed by atoms with Crippen LogP contribution in [0.4, 0.5) is 0 Å². The number of amides is 2. The van der Waals surface area contributed by atoms with Crippen LogP contribution in [0.2, 0.25) is 0 Å². The lowest BCUT2D eigenvalue weighted by molar-refractivity contribution is -0.120. The predicted molar refractivity (Wildman–Crippen MR) is 82.9 cm³/mol. The molecule has 21 heavy (non-hydrogen) atoms. The Bertz CT molecular complexity index is 675. The van der Waals surface area contributed by atoms with Gasteiger partial charge in [-0.15, -0.1) is 0 Å². The number of aromatic amines is 1. The fourth-order valence-corrected chi connectivity index (χ4v) is 2.31. The molecule has 0 aliphatic heterocycles. The lowest BCUT2D eigenvalue weighted by atomic mass is 9.98. The Morgan fingerprint density at radius 2 is 2.05 bits per heavy atom. The Balaban J connectivity index is 2.23. The molecule has 0 fully saturated rings. The van der Waals surface area contributed by atoms with Crippen LogP contribution < -0.4 is 11.1 Å². The molecule has 0 saturated heterocycles. The van der Waals surface area contributed by atoms with E-state index in [4.69, 9.17) is 5.73 Å². The molecule has 0 bridgehead atoms. The van der Waals surface area contributed by atoms with Crippen LogP contribution in [0.5, 0.6) is 0 Å². The number of fused-ring (bicyclic) bond motifs is 1. The zero-order valence-electron chi connectivity index (χ0n) is 12.6. The third-order valence-corrected chi connectivity index (χ3v) is 3.83. The van der Waals surface area contributed by atoms with Crippen molar-refractivity contribution in [2.24, 2.45) is 11.7 Å². The van der Waals surface area contributed by atoms with Gasteiger partial charge in [-0.1, -0.05) is 32.4 Å². The van der Waals surface area contributed by atoms with E-state index in [1.165, 1.54) is 0 Å². The van der Waals surface area contributed by atoms with E-state index in [-0.39, 0.29) is 11.8 Å². The first-order valence-corrected chi connectivity index (χ1v) is 7.12. The van der Waals surface area contributed by atoms with Crippen LogP contribution >= 0.6 is 0 Å². The molecular weight excluding hydrogens is 266 g/mol. The van der Waals surface area contributed by atoms with Crippen molar-refractivity contribution in [3.63, 3.8) is 0 Å². The molecule has 2 amide bonds. The van der Waals surface area contributed by atoms with E-state index >= 15 is 0 Å². The maximum absolute atomic E-state index is 12.3. The smallest absolute Gasteiger partial charge is 0.268 e. The highest BCUT2D eigenvalue weighted by Crippen LogP contribution is 2.17. The van der Waals surface area contributed by atoms with E-state index in [0.29, 0.717) is 5.69 Å². The fourth-order valence-electron chi connectivity index (χ4n) is 2.31. The number of aryl methyl sites for hydroxylation is 1. The first kappa shape index (κ1) is 15.1. The molecule has 4 N–H and O–H groups in total. The van der Waals surface area contributed by atoms with Crippen molar-refractivity contribution in [3.05, 3.63) is 35.5 Å². The van der Waals surface area contributed by atoms with Crippen molar-refractivity contribution in [3.8, 4) is 0 Å². The third-order valence-electron chi connectivity index (χ3n) is 3.83. The third kappa shape index (κ3) is 3.24. The monoisotopic (exact) mass is 287 g/mol. The molecule has 0 aliphatic carbocycles. The Kier molecular flexibility index (Phi) is 4.31. The first-order chi connectivity index (χ1) is 9.92. The summed E-state index contributed by atoms with van der Waals surface area (Å²) in [5.41, 5.74) is 7.82. The molecule has 0 saturated carbocycles. The maximum atomic E-state index is 12.3. The molecule has 2 aromatic rings. The van der Waals surface area contributed by atoms with Gasteiger partial charge in [-0.3, -0.25) is 9.59 Å². The van der Waals surface area contributed by atoms with Crippen molar-refractivity contribution in [2.45, 2.75) is 33.2 Å². The minimum Gasteiger partial charge on any atom is -0.368 e. The van der Waals surface area contributed by atoms with E-state index in [2.05, 4.69) is 10.3 Å². The standard InChI is InChI=1S/C16H21N3O2/c1-4-10(3)14(15(17)20)19-16(21)13-8-11-6-5-9(2)7-12(11)18-13/h5-8,10,14,18H,4H2,1-3H3,(H2,17,20)(H,19,21). The molecule has 2 rings (SSSR count). The van der Waals surface area contributed by atoms with Gasteiger partial charge in [0.15, 0.2) is 0 Å². The summed E-state index contributed by atoms with van der Waals surface area (Å²) in [4.78, 5) is 26.8. The summed E-state index contributed by atoms with van der Waals surface area (Å²) < 4.78 is 0. The summed E-state index contributed by atoms with van der Waals surface area (Å²) in [7, 11) is 0. The Hall–Kier alpha value is -2.30. The van der Waals surface area contributed by atoms with Crippen molar-refractivity contribution >= 4 is 22.7 Å². The number of rotatable bonds is 5. The van der Waals surface area contributed by atoms with Crippen LogP contribution in [0.1, 0.15) is 36.3 Å². The molecule has 1 aromatic carbocycles. The van der Waals surface area contributed by atoms with Crippen LogP contribution in [0.15, 0.2) is 24.3 Å². The molecule has 2 atom stereocenters. The van der Waals surface area contributed by atoms with Gasteiger partial charge in [0, 0.05) is 10.9 Å². The number of H-pyrrole nitrogens is 1. The molecule has 2 unspecified atom stereocenters. The van der Waals surface area contributed by atoms with E-state index < -0.39 is 11.9 Å². The van der Waals surface area contributed by atoms with Gasteiger partial charge in [0.25, 0.3) is 5.91 Å². The highest BCUT2D eigenvalue weighted by Gasteiger charge is 2.24. The van der Waals surface area contributed by atoms with E-state index in [9.17, 15) is 9.59 Å². The molecular formula is C16H21N3O2. The largest absolute Gasteiger partial charge is 0.368 e. The van der Waals surface area contributed by atoms with Crippen molar-refractivity contribution in [2.75, 3.05) is 0 Å². The summed E-state index contributed by atoms with van der Waals surface area (Å²) >= 11 is 0. The fraction of sp³-hybridized carbons (Fsp3) is 0.375. The SMILES string of the molecule is CCC(C)C(NC(=O)c1cc2ccc(C)cc2[nH]1)C(N)=O. The topological polar surface area (TPSA) is 88.0 Å². The van der Waals surface area contributed by atoms with Crippen molar-refractivity contribution in [1.29, 1.82) is 0 Å². The lowest BCUT2D eigenvalue weighted by Gasteiger charge is -2.20. The molecule has 5 heteroatoms. The van der Waals surface area contributed by atoms with Crippen LogP contribution in [0.3, 0.4) is 0 Å². The number of carbonyl (C=O) groups is 2. The predicted octanol–water partition coefficient (Wildman–Crippen LogP) is 2.11. The van der Waals surface area contributed by atoms with Gasteiger partial charge in [0.1, 0.15) is 11.7 Å². The average molecular weight is 287 g/mol. The lowest BCUT2D eigenvalue weighted by Crippen LogP contribution is -2.48. The molecule has 112 valence electrons. The number of carbonyl (C=O) groups excluding carboxylic acids is 2. The van der Waals surface area contributed by atoms with Crippen LogP contribution in [-0.4, -0.2) is 22.8 Å². The average Bonchev–Trinajstić information content (AvgIpc) is 2.86. The Morgan fingerprint density at radius 3 is 2.67 bits per heavy atom. The molecule has 0 spiro atoms. The van der Waals surface area contributed by atoms with Gasteiger partial charge >= 0.3 is 0 Å². The molecule has 1 heterocycles. The van der Waals surface area contributed by atoms with E-state index in [1.807, 2.05) is 39.0 Å². The number of nitrogens with two attached hydrogens (primary N) is 1. The number of hydrogen-bond acceptors (Lipinski definition) is 2. The second-order valence-electron chi connectivity index (χ2n) is 5.51. The molecule has 0 radical (unpaired) electrons. The van der Waals surface area contributed by atoms with Crippen LogP contribution in [0, 0.1) is 12.8 Å². The van der Waals surface area contributed by atoms with E-state index in [0.717, 1.165) is 22.9 Å². The quantitative estimate of drug-likeness (QED) is 0.786. The van der Waals surface area contributed by atoms with Crippen LogP contribution in [0.25, 0.3) is 10.9 Å². The number of hydrogen-bond donors (Lipinski definition) is 3. The second-order valence-corrected chi connectivity index (χ2v) is 5.51. The minimum atomic E-state index is -0.657. The van der Waals surface area contributed by atoms with Gasteiger partial charge in [-0.25, -0.2) is 0 Å². The number of aromatic nitrogens is 1. The number of nitrogens with one attached hydrogen (secondary N) is 2. The molecule has 0 aliphatic rings. The van der Waals surface area contributed by atoms with Crippen molar-refractivity contribution < 1.29 is 9.59 Å². The molecule has 1 aromatic heterocycles. The van der Waals surface area contributed by atoms with Gasteiger partial charge in [-0.2, -0.15) is 0 Å². The Morgan fingerprint density at radius 1 is 1.33 bits per heavy atom. The highest BCUT2D eigenvalue weighted by molar-refractivity contribution is 6.00. The summed E-state index contributed by atoms with van der Waals surface area (Å²) in [6.45, 7) is 5.84. The molecule has 5 nitrogen and oxygen atoms in total. The zero-order chi connectivity index (χ0) is 15.6. The summed E-state index contributed by atoms with van der Waals surface area (Å²) in [6, 6.07) is 7.04. The number of primary amides is 1. The van der Waals surface area contributed by atoms with Gasteiger partial charge < -0.3 is 16.0 Å². The summed E-state index contributed by atoms with van der Waals surface area (Å²) in [5, 5.41) is 3.68. The van der Waals surface area contributed by atoms with Gasteiger partial charge in [-0.05, 0) is 30.5 Å². The normalized spacial score (nSPS) is 13.9. The maximum Gasteiger partial charge on any atom is 0.268 e. The summed E-state index contributed by atoms with van der Waals surface area (Å²) in [5.74, 6) is -0.823. The van der Waals surface area contributed by atoms with Gasteiger partial charge in [0.05, 0.1) is 0 Å². The highest BCUT2D eigenvalue weighted by atomic mass is 16.2. The number of benzene rings is 1. The minimum absolute atomic E-state index is 0.00178. The van der Waals surface area contributed by atoms with Crippen LogP contribution in [-0.2, 0) is 4.79 Å².